The smallest absolute Gasteiger partial charge is 0.310 e. The standard InChI is InChI=1S/C18H21NO3/c1-11-5-12(2)7-15(6-11)19-17(20)10-22-18(21)16-9-13-3-4-14(16)8-13/h3-7,13-14,16H,8-10H2,1-2H3,(H,19,20)/t13-,14-,16+/m0/s1. The molecule has 0 heterocycles. The Bertz CT molecular complexity index is 615. The Labute approximate surface area is 130 Å². The molecule has 1 fully saturated rings. The van der Waals surface area contributed by atoms with Crippen LogP contribution in [-0.2, 0) is 14.3 Å². The van der Waals surface area contributed by atoms with Crippen LogP contribution in [0, 0.1) is 31.6 Å². The Balaban J connectivity index is 1.50. The van der Waals surface area contributed by atoms with Gasteiger partial charge in [0.25, 0.3) is 5.91 Å². The molecule has 0 spiro atoms. The van der Waals surface area contributed by atoms with Gasteiger partial charge in [0.15, 0.2) is 6.61 Å². The molecule has 0 aromatic heterocycles. The van der Waals surface area contributed by atoms with Crippen LogP contribution in [-0.4, -0.2) is 18.5 Å². The molecule has 1 aromatic rings. The van der Waals surface area contributed by atoms with Gasteiger partial charge in [-0.1, -0.05) is 18.2 Å². The average molecular weight is 299 g/mol. The summed E-state index contributed by atoms with van der Waals surface area (Å²) in [6.07, 6.45) is 6.20. The van der Waals surface area contributed by atoms with E-state index >= 15 is 0 Å². The average Bonchev–Trinajstić information content (AvgIpc) is 3.06. The summed E-state index contributed by atoms with van der Waals surface area (Å²) in [7, 11) is 0. The summed E-state index contributed by atoms with van der Waals surface area (Å²) in [6.45, 7) is 3.74. The lowest BCUT2D eigenvalue weighted by Gasteiger charge is -2.16. The number of anilines is 1. The molecular formula is C18H21NO3. The highest BCUT2D eigenvalue weighted by Crippen LogP contribution is 2.43. The number of hydrogen-bond donors (Lipinski definition) is 1. The van der Waals surface area contributed by atoms with Gasteiger partial charge in [0.1, 0.15) is 0 Å². The number of amides is 1. The third kappa shape index (κ3) is 3.21. The maximum Gasteiger partial charge on any atom is 0.310 e. The predicted octanol–water partition coefficient (Wildman–Crippen LogP) is 3.00. The molecule has 0 aliphatic heterocycles. The molecule has 0 saturated heterocycles. The predicted molar refractivity (Wildman–Crippen MR) is 84.3 cm³/mol. The fourth-order valence-electron chi connectivity index (χ4n) is 3.54. The van der Waals surface area contributed by atoms with Gasteiger partial charge in [-0.15, -0.1) is 0 Å². The number of fused-ring (bicyclic) bond motifs is 2. The zero-order valence-corrected chi connectivity index (χ0v) is 13.0. The fraction of sp³-hybridized carbons (Fsp3) is 0.444. The van der Waals surface area contributed by atoms with E-state index in [0.29, 0.717) is 11.8 Å². The molecule has 2 bridgehead atoms. The van der Waals surface area contributed by atoms with Crippen molar-refractivity contribution in [2.75, 3.05) is 11.9 Å². The molecule has 2 aliphatic carbocycles. The Morgan fingerprint density at radius 2 is 1.86 bits per heavy atom. The van der Waals surface area contributed by atoms with Crippen molar-refractivity contribution in [1.82, 2.24) is 0 Å². The first kappa shape index (κ1) is 14.8. The van der Waals surface area contributed by atoms with Gasteiger partial charge in [0.05, 0.1) is 5.92 Å². The molecule has 1 saturated carbocycles. The summed E-state index contributed by atoms with van der Waals surface area (Å²) < 4.78 is 5.19. The minimum atomic E-state index is -0.294. The number of hydrogen-bond acceptors (Lipinski definition) is 3. The quantitative estimate of drug-likeness (QED) is 0.687. The van der Waals surface area contributed by atoms with Crippen molar-refractivity contribution in [2.24, 2.45) is 17.8 Å². The Morgan fingerprint density at radius 3 is 2.45 bits per heavy atom. The van der Waals surface area contributed by atoms with Gasteiger partial charge in [0.2, 0.25) is 0 Å². The van der Waals surface area contributed by atoms with Crippen LogP contribution in [0.25, 0.3) is 0 Å². The molecular weight excluding hydrogens is 278 g/mol. The van der Waals surface area contributed by atoms with Crippen molar-refractivity contribution in [3.63, 3.8) is 0 Å². The number of rotatable bonds is 4. The van der Waals surface area contributed by atoms with E-state index < -0.39 is 0 Å². The maximum absolute atomic E-state index is 12.1. The molecule has 0 unspecified atom stereocenters. The number of allylic oxidation sites excluding steroid dienone is 2. The van der Waals surface area contributed by atoms with Crippen LogP contribution < -0.4 is 5.32 Å². The van der Waals surface area contributed by atoms with E-state index in [1.807, 2.05) is 32.0 Å². The first-order valence-electron chi connectivity index (χ1n) is 7.74. The molecule has 0 radical (unpaired) electrons. The lowest BCUT2D eigenvalue weighted by atomic mass is 9.94. The summed E-state index contributed by atoms with van der Waals surface area (Å²) in [4.78, 5) is 24.0. The van der Waals surface area contributed by atoms with E-state index in [4.69, 9.17) is 4.74 Å². The molecule has 4 heteroatoms. The number of carbonyl (C=O) groups excluding carboxylic acids is 2. The van der Waals surface area contributed by atoms with E-state index in [-0.39, 0.29) is 24.4 Å². The molecule has 3 rings (SSSR count). The Morgan fingerprint density at radius 1 is 1.14 bits per heavy atom. The lowest BCUT2D eigenvalue weighted by molar-refractivity contribution is -0.152. The SMILES string of the molecule is Cc1cc(C)cc(NC(=O)COC(=O)[C@@H]2C[C@H]3C=C[C@H]2C3)c1. The third-order valence-electron chi connectivity index (χ3n) is 4.43. The Hall–Kier alpha value is -2.10. The molecule has 1 aromatic carbocycles. The van der Waals surface area contributed by atoms with Crippen molar-refractivity contribution in [3.05, 3.63) is 41.5 Å². The van der Waals surface area contributed by atoms with Gasteiger partial charge in [0, 0.05) is 5.69 Å². The number of benzene rings is 1. The number of ether oxygens (including phenoxy) is 1. The van der Waals surface area contributed by atoms with Crippen molar-refractivity contribution in [2.45, 2.75) is 26.7 Å². The monoisotopic (exact) mass is 299 g/mol. The van der Waals surface area contributed by atoms with E-state index in [1.54, 1.807) is 0 Å². The topological polar surface area (TPSA) is 55.4 Å². The van der Waals surface area contributed by atoms with E-state index in [1.165, 1.54) is 0 Å². The van der Waals surface area contributed by atoms with Crippen LogP contribution in [0.2, 0.25) is 0 Å². The summed E-state index contributed by atoms with van der Waals surface area (Å²) in [5.41, 5.74) is 2.91. The highest BCUT2D eigenvalue weighted by Gasteiger charge is 2.40. The van der Waals surface area contributed by atoms with E-state index in [2.05, 4.69) is 17.5 Å². The minimum absolute atomic E-state index is 0.0657. The van der Waals surface area contributed by atoms with Gasteiger partial charge in [-0.25, -0.2) is 0 Å². The normalized spacial score (nSPS) is 25.3. The molecule has 4 nitrogen and oxygen atoms in total. The van der Waals surface area contributed by atoms with Gasteiger partial charge < -0.3 is 10.1 Å². The van der Waals surface area contributed by atoms with Gasteiger partial charge in [-0.2, -0.15) is 0 Å². The van der Waals surface area contributed by atoms with Crippen molar-refractivity contribution in [1.29, 1.82) is 0 Å². The molecule has 22 heavy (non-hydrogen) atoms. The lowest BCUT2D eigenvalue weighted by Crippen LogP contribution is -2.26. The van der Waals surface area contributed by atoms with Gasteiger partial charge in [-0.05, 0) is 61.8 Å². The second-order valence-corrected chi connectivity index (χ2v) is 6.42. The molecule has 1 amide bonds. The van der Waals surface area contributed by atoms with Crippen molar-refractivity contribution in [3.8, 4) is 0 Å². The minimum Gasteiger partial charge on any atom is -0.455 e. The van der Waals surface area contributed by atoms with Crippen molar-refractivity contribution < 1.29 is 14.3 Å². The molecule has 3 atom stereocenters. The second-order valence-electron chi connectivity index (χ2n) is 6.42. The first-order valence-corrected chi connectivity index (χ1v) is 7.74. The molecule has 116 valence electrons. The number of aryl methyl sites for hydroxylation is 2. The van der Waals surface area contributed by atoms with Gasteiger partial charge >= 0.3 is 5.97 Å². The first-order chi connectivity index (χ1) is 10.5. The second kappa shape index (κ2) is 5.95. The van der Waals surface area contributed by atoms with Crippen LogP contribution in [0.4, 0.5) is 5.69 Å². The molecule has 1 N–H and O–H groups in total. The van der Waals surface area contributed by atoms with E-state index in [9.17, 15) is 9.59 Å². The van der Waals surface area contributed by atoms with Gasteiger partial charge in [-0.3, -0.25) is 9.59 Å². The highest BCUT2D eigenvalue weighted by molar-refractivity contribution is 5.93. The van der Waals surface area contributed by atoms with Crippen LogP contribution in [0.15, 0.2) is 30.4 Å². The fourth-order valence-corrected chi connectivity index (χ4v) is 3.54. The van der Waals surface area contributed by atoms with Crippen LogP contribution in [0.3, 0.4) is 0 Å². The largest absolute Gasteiger partial charge is 0.455 e. The van der Waals surface area contributed by atoms with Crippen molar-refractivity contribution >= 4 is 17.6 Å². The zero-order chi connectivity index (χ0) is 15.7. The zero-order valence-electron chi connectivity index (χ0n) is 13.0. The number of esters is 1. The van der Waals surface area contributed by atoms with Crippen LogP contribution in [0.5, 0.6) is 0 Å². The molecule has 2 aliphatic rings. The van der Waals surface area contributed by atoms with Crippen LogP contribution >= 0.6 is 0 Å². The summed E-state index contributed by atoms with van der Waals surface area (Å²) >= 11 is 0. The number of carbonyl (C=O) groups is 2. The van der Waals surface area contributed by atoms with E-state index in [0.717, 1.165) is 29.7 Å². The van der Waals surface area contributed by atoms with Crippen LogP contribution in [0.1, 0.15) is 24.0 Å². The summed E-state index contributed by atoms with van der Waals surface area (Å²) in [5.74, 6) is 0.222. The third-order valence-corrected chi connectivity index (χ3v) is 4.43. The highest BCUT2D eigenvalue weighted by atomic mass is 16.5. The number of nitrogens with one attached hydrogen (secondary N) is 1. The maximum atomic E-state index is 12.1. The summed E-state index contributed by atoms with van der Waals surface area (Å²) in [6, 6.07) is 5.83. The Kier molecular flexibility index (Phi) is 4.01. The summed E-state index contributed by atoms with van der Waals surface area (Å²) in [5, 5.41) is 2.77.